The SMILES string of the molecule is CB(O)N1C[C@](O)(c2ccccn2)C[C@H]1C(=O)OC(C)C. The Morgan fingerprint density at radius 3 is 2.81 bits per heavy atom. The number of pyridine rings is 1. The van der Waals surface area contributed by atoms with E-state index in [0.29, 0.717) is 5.69 Å². The van der Waals surface area contributed by atoms with E-state index >= 15 is 0 Å². The third-order valence-electron chi connectivity index (χ3n) is 3.62. The van der Waals surface area contributed by atoms with Crippen LogP contribution >= 0.6 is 0 Å². The molecule has 7 heteroatoms. The van der Waals surface area contributed by atoms with Gasteiger partial charge in [-0.1, -0.05) is 6.07 Å². The normalized spacial score (nSPS) is 26.1. The Bertz CT molecular complexity index is 497. The Hall–Kier alpha value is -1.44. The van der Waals surface area contributed by atoms with Crippen molar-refractivity contribution < 1.29 is 19.7 Å². The number of ether oxygens (including phenoxy) is 1. The first kappa shape index (κ1) is 15.9. The third-order valence-corrected chi connectivity index (χ3v) is 3.62. The average molecular weight is 292 g/mol. The van der Waals surface area contributed by atoms with E-state index < -0.39 is 24.7 Å². The minimum Gasteiger partial charge on any atom is -0.462 e. The van der Waals surface area contributed by atoms with Gasteiger partial charge >= 0.3 is 13.0 Å². The van der Waals surface area contributed by atoms with Gasteiger partial charge in [-0.15, -0.1) is 0 Å². The number of β-amino-alcohol motifs (C(OH)–C–C–N with tert-alkyl or cyclic N) is 1. The van der Waals surface area contributed by atoms with Crippen LogP contribution in [0.5, 0.6) is 0 Å². The molecule has 0 aromatic carbocycles. The summed E-state index contributed by atoms with van der Waals surface area (Å²) < 4.78 is 5.22. The van der Waals surface area contributed by atoms with Crippen LogP contribution in [-0.4, -0.2) is 51.6 Å². The number of nitrogens with zero attached hydrogens (tertiary/aromatic N) is 2. The zero-order valence-corrected chi connectivity index (χ0v) is 12.6. The van der Waals surface area contributed by atoms with E-state index in [4.69, 9.17) is 4.74 Å². The van der Waals surface area contributed by atoms with Crippen molar-refractivity contribution in [2.75, 3.05) is 6.54 Å². The van der Waals surface area contributed by atoms with Gasteiger partial charge in [0.1, 0.15) is 11.6 Å². The fourth-order valence-corrected chi connectivity index (χ4v) is 2.66. The van der Waals surface area contributed by atoms with Crippen LogP contribution in [0.25, 0.3) is 0 Å². The number of esters is 1. The van der Waals surface area contributed by atoms with Crippen LogP contribution in [0.3, 0.4) is 0 Å². The number of hydrogen-bond donors (Lipinski definition) is 2. The monoisotopic (exact) mass is 292 g/mol. The van der Waals surface area contributed by atoms with Crippen molar-refractivity contribution in [2.24, 2.45) is 0 Å². The third kappa shape index (κ3) is 3.43. The zero-order valence-electron chi connectivity index (χ0n) is 12.6. The smallest absolute Gasteiger partial charge is 0.377 e. The van der Waals surface area contributed by atoms with Crippen LogP contribution in [-0.2, 0) is 15.1 Å². The summed E-state index contributed by atoms with van der Waals surface area (Å²) >= 11 is 0. The van der Waals surface area contributed by atoms with Gasteiger partial charge in [0.25, 0.3) is 0 Å². The summed E-state index contributed by atoms with van der Waals surface area (Å²) in [5, 5.41) is 20.7. The molecule has 0 aliphatic carbocycles. The molecular formula is C14H21BN2O4. The lowest BCUT2D eigenvalue weighted by Crippen LogP contribution is -2.46. The van der Waals surface area contributed by atoms with E-state index in [-0.39, 0.29) is 19.1 Å². The standard InChI is InChI=1S/C14H21BN2O4/c1-10(2)21-13(18)11-8-14(19,9-17(11)15(3)20)12-6-4-5-7-16-12/h4-7,10-11,19-20H,8-9H2,1-3H3/t11-,14-/m0/s1. The summed E-state index contributed by atoms with van der Waals surface area (Å²) in [6.07, 6.45) is 1.51. The Morgan fingerprint density at radius 2 is 2.29 bits per heavy atom. The van der Waals surface area contributed by atoms with Gasteiger partial charge in [0.15, 0.2) is 0 Å². The second-order valence-corrected chi connectivity index (χ2v) is 5.76. The van der Waals surface area contributed by atoms with Crippen LogP contribution in [0.1, 0.15) is 26.0 Å². The highest BCUT2D eigenvalue weighted by Gasteiger charge is 2.50. The molecule has 1 aliphatic rings. The van der Waals surface area contributed by atoms with E-state index in [1.807, 2.05) is 0 Å². The highest BCUT2D eigenvalue weighted by Crippen LogP contribution is 2.35. The van der Waals surface area contributed by atoms with Gasteiger partial charge in [-0.3, -0.25) is 9.78 Å². The summed E-state index contributed by atoms with van der Waals surface area (Å²) in [6.45, 7) is 5.24. The molecule has 1 aliphatic heterocycles. The molecule has 2 atom stereocenters. The number of hydrogen-bond acceptors (Lipinski definition) is 6. The fraction of sp³-hybridized carbons (Fsp3) is 0.571. The number of carbonyl (C=O) groups is 1. The molecule has 6 nitrogen and oxygen atoms in total. The molecule has 21 heavy (non-hydrogen) atoms. The van der Waals surface area contributed by atoms with Crippen LogP contribution in [0.4, 0.5) is 0 Å². The van der Waals surface area contributed by atoms with Crippen LogP contribution in [0, 0.1) is 0 Å². The number of carbonyl (C=O) groups excluding carboxylic acids is 1. The van der Waals surface area contributed by atoms with Crippen molar-refractivity contribution in [3.63, 3.8) is 0 Å². The average Bonchev–Trinajstić information content (AvgIpc) is 2.79. The van der Waals surface area contributed by atoms with Crippen LogP contribution in [0.15, 0.2) is 24.4 Å². The number of rotatable bonds is 4. The van der Waals surface area contributed by atoms with Crippen molar-refractivity contribution in [1.29, 1.82) is 0 Å². The highest BCUT2D eigenvalue weighted by molar-refractivity contribution is 6.45. The van der Waals surface area contributed by atoms with Gasteiger partial charge in [0, 0.05) is 19.2 Å². The molecule has 2 N–H and O–H groups in total. The van der Waals surface area contributed by atoms with Crippen molar-refractivity contribution >= 4 is 13.0 Å². The predicted molar refractivity (Wildman–Crippen MR) is 78.3 cm³/mol. The highest BCUT2D eigenvalue weighted by atomic mass is 16.5. The van der Waals surface area contributed by atoms with Gasteiger partial charge in [0.2, 0.25) is 0 Å². The molecular weight excluding hydrogens is 271 g/mol. The molecule has 0 spiro atoms. The van der Waals surface area contributed by atoms with E-state index in [9.17, 15) is 14.9 Å². The predicted octanol–water partition coefficient (Wildman–Crippen LogP) is 0.405. The first-order valence-corrected chi connectivity index (χ1v) is 7.11. The molecule has 0 amide bonds. The van der Waals surface area contributed by atoms with Crippen molar-refractivity contribution in [3.05, 3.63) is 30.1 Å². The topological polar surface area (TPSA) is 82.9 Å². The van der Waals surface area contributed by atoms with E-state index in [0.717, 1.165) is 0 Å². The summed E-state index contributed by atoms with van der Waals surface area (Å²) in [4.78, 5) is 17.9. The van der Waals surface area contributed by atoms with Crippen LogP contribution in [0.2, 0.25) is 6.82 Å². The van der Waals surface area contributed by atoms with E-state index in [2.05, 4.69) is 4.98 Å². The number of aromatic nitrogens is 1. The largest absolute Gasteiger partial charge is 0.462 e. The maximum atomic E-state index is 12.2. The van der Waals surface area contributed by atoms with Gasteiger partial charge < -0.3 is 19.7 Å². The van der Waals surface area contributed by atoms with Gasteiger partial charge in [-0.25, -0.2) is 0 Å². The summed E-state index contributed by atoms with van der Waals surface area (Å²) in [5.41, 5.74) is -0.769. The minimum atomic E-state index is -1.26. The van der Waals surface area contributed by atoms with Crippen molar-refractivity contribution in [3.8, 4) is 0 Å². The Kier molecular flexibility index (Phi) is 4.66. The second-order valence-electron chi connectivity index (χ2n) is 5.76. The zero-order chi connectivity index (χ0) is 15.6. The molecule has 1 saturated heterocycles. The Morgan fingerprint density at radius 1 is 1.57 bits per heavy atom. The Balaban J connectivity index is 2.24. The molecule has 1 fully saturated rings. The van der Waals surface area contributed by atoms with Crippen molar-refractivity contribution in [1.82, 2.24) is 9.79 Å². The molecule has 2 heterocycles. The number of aliphatic hydroxyl groups is 1. The van der Waals surface area contributed by atoms with Crippen LogP contribution < -0.4 is 0 Å². The van der Waals surface area contributed by atoms with Gasteiger partial charge in [-0.2, -0.15) is 0 Å². The molecule has 0 bridgehead atoms. The lowest BCUT2D eigenvalue weighted by Gasteiger charge is -2.24. The maximum absolute atomic E-state index is 12.2. The molecule has 2 rings (SSSR count). The minimum absolute atomic E-state index is 0.138. The molecule has 0 radical (unpaired) electrons. The second kappa shape index (κ2) is 6.13. The van der Waals surface area contributed by atoms with Crippen molar-refractivity contribution in [2.45, 2.75) is 44.8 Å². The fourth-order valence-electron chi connectivity index (χ4n) is 2.66. The summed E-state index contributed by atoms with van der Waals surface area (Å²) in [7, 11) is -0.854. The molecule has 114 valence electrons. The maximum Gasteiger partial charge on any atom is 0.377 e. The molecule has 0 unspecified atom stereocenters. The van der Waals surface area contributed by atoms with Gasteiger partial charge in [0.05, 0.1) is 11.8 Å². The molecule has 1 aromatic heterocycles. The summed E-state index contributed by atoms with van der Waals surface area (Å²) in [6, 6.07) is 4.58. The summed E-state index contributed by atoms with van der Waals surface area (Å²) in [5.74, 6) is -0.433. The van der Waals surface area contributed by atoms with E-state index in [1.165, 1.54) is 0 Å². The molecule has 0 saturated carbocycles. The lowest BCUT2D eigenvalue weighted by atomic mass is 9.84. The van der Waals surface area contributed by atoms with E-state index in [1.54, 1.807) is 49.9 Å². The first-order valence-electron chi connectivity index (χ1n) is 7.11. The Labute approximate surface area is 124 Å². The quantitative estimate of drug-likeness (QED) is 0.617. The lowest BCUT2D eigenvalue weighted by molar-refractivity contribution is -0.151. The van der Waals surface area contributed by atoms with Gasteiger partial charge in [-0.05, 0) is 32.8 Å². The molecule has 1 aromatic rings. The first-order chi connectivity index (χ1) is 9.83.